The molecule has 1 saturated heterocycles. The van der Waals surface area contributed by atoms with Gasteiger partial charge in [0.1, 0.15) is 0 Å². The fraction of sp³-hybridized carbons (Fsp3) is 1.00. The van der Waals surface area contributed by atoms with Crippen molar-refractivity contribution in [2.45, 2.75) is 28.4 Å². The van der Waals surface area contributed by atoms with Crippen LogP contribution in [0.25, 0.3) is 0 Å². The second kappa shape index (κ2) is 3.85. The molecule has 1 aliphatic heterocycles. The molecule has 4 atom stereocenters. The molecule has 1 heterocycles. The second-order valence-corrected chi connectivity index (χ2v) is 5.15. The van der Waals surface area contributed by atoms with Crippen LogP contribution < -0.4 is 0 Å². The van der Waals surface area contributed by atoms with Gasteiger partial charge in [0.05, 0.1) is 0 Å². The van der Waals surface area contributed by atoms with Crippen LogP contribution in [0, 0.1) is 0 Å². The van der Waals surface area contributed by atoms with Crippen LogP contribution in [0.2, 0.25) is 10.1 Å². The van der Waals surface area contributed by atoms with Gasteiger partial charge in [-0.05, 0) is 0 Å². The zero-order valence-electron chi connectivity index (χ0n) is 5.92. The molecule has 4 N–H and O–H groups in total. The zero-order valence-corrected chi connectivity index (χ0v) is 7.63. The van der Waals surface area contributed by atoms with Crippen molar-refractivity contribution in [1.29, 1.82) is 0 Å². The van der Waals surface area contributed by atoms with Crippen LogP contribution in [0.15, 0.2) is 0 Å². The monoisotopic (exact) mass is 228 g/mol. The Morgan fingerprint density at radius 1 is 1.45 bits per heavy atom. The first-order valence-electron chi connectivity index (χ1n) is 3.43. The predicted molar refractivity (Wildman–Crippen MR) is 39.4 cm³/mol. The standard InChI is InChI=1S/C6H12O4Se/c7-1-3(8)6-5(10)4(9)2-11-6/h3-10H,1-2H2/t3-,4+,5-,6-/m1/s1. The van der Waals surface area contributed by atoms with Crippen molar-refractivity contribution in [3.8, 4) is 0 Å². The van der Waals surface area contributed by atoms with Gasteiger partial charge in [-0.15, -0.1) is 0 Å². The number of hydrogen-bond acceptors (Lipinski definition) is 4. The molecule has 0 bridgehead atoms. The quantitative estimate of drug-likeness (QED) is 0.411. The summed E-state index contributed by atoms with van der Waals surface area (Å²) in [5.74, 6) is 0. The van der Waals surface area contributed by atoms with Gasteiger partial charge in [0.2, 0.25) is 0 Å². The van der Waals surface area contributed by atoms with Crippen LogP contribution >= 0.6 is 0 Å². The van der Waals surface area contributed by atoms with Gasteiger partial charge in [-0.3, -0.25) is 0 Å². The number of aliphatic hydroxyl groups is 4. The van der Waals surface area contributed by atoms with E-state index in [1.54, 1.807) is 0 Å². The van der Waals surface area contributed by atoms with E-state index in [9.17, 15) is 5.11 Å². The fourth-order valence-electron chi connectivity index (χ4n) is 1.07. The van der Waals surface area contributed by atoms with Gasteiger partial charge in [-0.25, -0.2) is 0 Å². The van der Waals surface area contributed by atoms with Crippen molar-refractivity contribution < 1.29 is 20.4 Å². The molecule has 0 aromatic rings. The normalized spacial score (nSPS) is 40.9. The molecule has 0 aromatic carbocycles. The van der Waals surface area contributed by atoms with E-state index in [1.807, 2.05) is 0 Å². The Bertz CT molecular complexity index is 132. The second-order valence-electron chi connectivity index (χ2n) is 2.61. The molecule has 0 radical (unpaired) electrons. The topological polar surface area (TPSA) is 80.9 Å². The van der Waals surface area contributed by atoms with Crippen molar-refractivity contribution in [2.24, 2.45) is 0 Å². The third-order valence-corrected chi connectivity index (χ3v) is 4.93. The van der Waals surface area contributed by atoms with Gasteiger partial charge in [-0.2, -0.15) is 0 Å². The summed E-state index contributed by atoms with van der Waals surface area (Å²) in [6.45, 7) is -0.337. The maximum atomic E-state index is 9.25. The molecule has 0 unspecified atom stereocenters. The molecule has 0 aromatic heterocycles. The third-order valence-electron chi connectivity index (χ3n) is 1.76. The summed E-state index contributed by atoms with van der Waals surface area (Å²) in [6.07, 6.45) is -2.43. The summed E-state index contributed by atoms with van der Waals surface area (Å²) in [7, 11) is 0. The summed E-state index contributed by atoms with van der Waals surface area (Å²) in [5.41, 5.74) is 0. The van der Waals surface area contributed by atoms with Crippen molar-refractivity contribution in [3.63, 3.8) is 0 Å². The van der Waals surface area contributed by atoms with Gasteiger partial charge >= 0.3 is 70.4 Å². The molecule has 0 spiro atoms. The van der Waals surface area contributed by atoms with Gasteiger partial charge < -0.3 is 0 Å². The van der Waals surface area contributed by atoms with E-state index < -0.39 is 18.3 Å². The van der Waals surface area contributed by atoms with Gasteiger partial charge in [0, 0.05) is 0 Å². The van der Waals surface area contributed by atoms with E-state index >= 15 is 0 Å². The molecule has 0 aliphatic carbocycles. The summed E-state index contributed by atoms with van der Waals surface area (Å²) >= 11 is 0.0426. The van der Waals surface area contributed by atoms with E-state index in [4.69, 9.17) is 15.3 Å². The van der Waals surface area contributed by atoms with Crippen LogP contribution in [-0.4, -0.2) is 60.3 Å². The molecule has 5 heteroatoms. The zero-order chi connectivity index (χ0) is 8.43. The molecule has 0 saturated carbocycles. The first-order chi connectivity index (χ1) is 5.16. The first kappa shape index (κ1) is 9.45. The molecule has 66 valence electrons. The van der Waals surface area contributed by atoms with Crippen molar-refractivity contribution >= 4 is 15.0 Å². The Balaban J connectivity index is 2.47. The summed E-state index contributed by atoms with van der Waals surface area (Å²) < 4.78 is 0. The average molecular weight is 227 g/mol. The van der Waals surface area contributed by atoms with Crippen molar-refractivity contribution in [3.05, 3.63) is 0 Å². The molecular weight excluding hydrogens is 215 g/mol. The third kappa shape index (κ3) is 1.93. The van der Waals surface area contributed by atoms with E-state index in [1.165, 1.54) is 0 Å². The van der Waals surface area contributed by atoms with Crippen LogP contribution in [0.1, 0.15) is 0 Å². The molecular formula is C6H12O4Se. The molecule has 4 nitrogen and oxygen atoms in total. The van der Waals surface area contributed by atoms with Crippen molar-refractivity contribution in [2.75, 3.05) is 6.61 Å². The predicted octanol–water partition coefficient (Wildman–Crippen LogP) is -2.01. The Morgan fingerprint density at radius 3 is 2.45 bits per heavy atom. The summed E-state index contributed by atoms with van der Waals surface area (Å²) in [5, 5.41) is 36.6. The Hall–Kier alpha value is 0.359. The van der Waals surface area contributed by atoms with Crippen molar-refractivity contribution in [1.82, 2.24) is 0 Å². The maximum absolute atomic E-state index is 9.25. The van der Waals surface area contributed by atoms with Gasteiger partial charge in [-0.1, -0.05) is 0 Å². The number of aliphatic hydroxyl groups excluding tert-OH is 4. The first-order valence-corrected chi connectivity index (χ1v) is 5.63. The van der Waals surface area contributed by atoms with Crippen LogP contribution in [0.5, 0.6) is 0 Å². The molecule has 0 amide bonds. The van der Waals surface area contributed by atoms with Gasteiger partial charge in [0.15, 0.2) is 0 Å². The molecule has 1 fully saturated rings. The molecule has 11 heavy (non-hydrogen) atoms. The average Bonchev–Trinajstić information content (AvgIpc) is 2.32. The SMILES string of the molecule is OC[C@@H](O)[C@H]1[Se]C[C@H](O)[C@H]1O. The minimum atomic E-state index is -0.873. The minimum absolute atomic E-state index is 0.0426. The van der Waals surface area contributed by atoms with Gasteiger partial charge in [0.25, 0.3) is 0 Å². The summed E-state index contributed by atoms with van der Waals surface area (Å²) in [6, 6.07) is 0. The van der Waals surface area contributed by atoms with E-state index in [2.05, 4.69) is 0 Å². The van der Waals surface area contributed by atoms with E-state index in [-0.39, 0.29) is 26.4 Å². The molecule has 1 aliphatic rings. The van der Waals surface area contributed by atoms with E-state index in [0.29, 0.717) is 5.32 Å². The Morgan fingerprint density at radius 2 is 2.09 bits per heavy atom. The van der Waals surface area contributed by atoms with Crippen LogP contribution in [0.3, 0.4) is 0 Å². The van der Waals surface area contributed by atoms with Crippen LogP contribution in [-0.2, 0) is 0 Å². The Labute approximate surface area is 71.0 Å². The fourth-order valence-corrected chi connectivity index (χ4v) is 3.80. The molecule has 1 rings (SSSR count). The summed E-state index contributed by atoms with van der Waals surface area (Å²) in [4.78, 5) is -0.303. The van der Waals surface area contributed by atoms with Crippen LogP contribution in [0.4, 0.5) is 0 Å². The Kier molecular flexibility index (Phi) is 3.30. The number of hydrogen-bond donors (Lipinski definition) is 4. The number of rotatable bonds is 2. The van der Waals surface area contributed by atoms with E-state index in [0.717, 1.165) is 0 Å².